The summed E-state index contributed by atoms with van der Waals surface area (Å²) in [7, 11) is 2.24. The predicted octanol–water partition coefficient (Wildman–Crippen LogP) is 3.03. The minimum Gasteiger partial charge on any atom is -0.491 e. The van der Waals surface area contributed by atoms with Gasteiger partial charge in [-0.25, -0.2) is 9.97 Å². The van der Waals surface area contributed by atoms with Gasteiger partial charge in [-0.05, 0) is 50.4 Å². The van der Waals surface area contributed by atoms with Crippen LogP contribution in [0, 0.1) is 11.3 Å². The van der Waals surface area contributed by atoms with Crippen molar-refractivity contribution in [1.82, 2.24) is 24.8 Å². The molecule has 3 saturated heterocycles. The van der Waals surface area contributed by atoms with Crippen LogP contribution in [0.25, 0.3) is 22.3 Å². The van der Waals surface area contributed by atoms with E-state index in [1.165, 1.54) is 32.4 Å². The van der Waals surface area contributed by atoms with Crippen molar-refractivity contribution in [2.75, 3.05) is 57.9 Å². The maximum Gasteiger partial charge on any atom is 0.162 e. The highest BCUT2D eigenvalue weighted by Crippen LogP contribution is 2.42. The normalized spacial score (nSPS) is 20.9. The molecule has 3 aromatic heterocycles. The van der Waals surface area contributed by atoms with E-state index < -0.39 is 0 Å². The van der Waals surface area contributed by atoms with E-state index >= 15 is 0 Å². The second-order valence-electron chi connectivity index (χ2n) is 9.83. The zero-order valence-electron chi connectivity index (χ0n) is 19.1. The summed E-state index contributed by atoms with van der Waals surface area (Å²) in [6.45, 7) is 6.54. The third-order valence-electron chi connectivity index (χ3n) is 7.43. The van der Waals surface area contributed by atoms with Crippen molar-refractivity contribution < 1.29 is 9.47 Å². The van der Waals surface area contributed by atoms with Crippen molar-refractivity contribution >= 4 is 16.7 Å². The molecule has 8 nitrogen and oxygen atoms in total. The van der Waals surface area contributed by atoms with Crippen LogP contribution >= 0.6 is 0 Å². The first-order valence-corrected chi connectivity index (χ1v) is 11.9. The van der Waals surface area contributed by atoms with Crippen LogP contribution in [0.2, 0.25) is 0 Å². The third-order valence-corrected chi connectivity index (χ3v) is 7.43. The number of hydrogen-bond donors (Lipinski definition) is 0. The first-order chi connectivity index (χ1) is 16.2. The zero-order valence-corrected chi connectivity index (χ0v) is 19.1. The summed E-state index contributed by atoms with van der Waals surface area (Å²) in [4.78, 5) is 23.4. The number of aromatic nitrogens is 4. The van der Waals surface area contributed by atoms with Crippen LogP contribution in [-0.4, -0.2) is 77.9 Å². The lowest BCUT2D eigenvalue weighted by Gasteiger charge is -2.40. The van der Waals surface area contributed by atoms with Crippen molar-refractivity contribution in [3.8, 4) is 17.1 Å². The monoisotopic (exact) mass is 446 g/mol. The third kappa shape index (κ3) is 4.02. The summed E-state index contributed by atoms with van der Waals surface area (Å²) >= 11 is 0. The van der Waals surface area contributed by atoms with Crippen LogP contribution in [0.15, 0.2) is 36.9 Å². The summed E-state index contributed by atoms with van der Waals surface area (Å²) < 4.78 is 11.6. The van der Waals surface area contributed by atoms with E-state index in [1.54, 1.807) is 18.6 Å². The average molecular weight is 447 g/mol. The molecule has 6 heterocycles. The van der Waals surface area contributed by atoms with Gasteiger partial charge >= 0.3 is 0 Å². The summed E-state index contributed by atoms with van der Waals surface area (Å²) in [5.41, 5.74) is 2.22. The summed E-state index contributed by atoms with van der Waals surface area (Å²) in [6.07, 6.45) is 10.9. The minimum absolute atomic E-state index is 0.440. The van der Waals surface area contributed by atoms with E-state index in [2.05, 4.69) is 26.8 Å². The molecule has 3 aliphatic rings. The molecule has 0 bridgehead atoms. The lowest BCUT2D eigenvalue weighted by atomic mass is 9.78. The van der Waals surface area contributed by atoms with Gasteiger partial charge in [-0.3, -0.25) is 9.97 Å². The second kappa shape index (κ2) is 8.50. The molecule has 1 spiro atoms. The highest BCUT2D eigenvalue weighted by atomic mass is 16.5. The Morgan fingerprint density at radius 2 is 1.82 bits per heavy atom. The smallest absolute Gasteiger partial charge is 0.162 e. The van der Waals surface area contributed by atoms with Gasteiger partial charge in [0.05, 0.1) is 43.1 Å². The van der Waals surface area contributed by atoms with Gasteiger partial charge in [-0.1, -0.05) is 0 Å². The number of piperidine rings is 1. The van der Waals surface area contributed by atoms with E-state index in [4.69, 9.17) is 19.4 Å². The molecule has 33 heavy (non-hydrogen) atoms. The lowest BCUT2D eigenvalue weighted by Crippen LogP contribution is -2.41. The Kier molecular flexibility index (Phi) is 5.34. The number of fused-ring (bicyclic) bond motifs is 1. The molecule has 0 atom stereocenters. The van der Waals surface area contributed by atoms with E-state index in [0.29, 0.717) is 23.8 Å². The summed E-state index contributed by atoms with van der Waals surface area (Å²) in [5.74, 6) is 2.86. The average Bonchev–Trinajstić information content (AvgIpc) is 3.18. The van der Waals surface area contributed by atoms with E-state index in [1.807, 2.05) is 18.3 Å². The van der Waals surface area contributed by atoms with Crippen LogP contribution in [0.5, 0.6) is 5.75 Å². The lowest BCUT2D eigenvalue weighted by molar-refractivity contribution is -0.0506. The molecular formula is C25H30N6O2. The molecule has 0 N–H and O–H groups in total. The molecule has 3 aliphatic heterocycles. The molecular weight excluding hydrogens is 416 g/mol. The fraction of sp³-hybridized carbons (Fsp3) is 0.520. The minimum atomic E-state index is 0.440. The van der Waals surface area contributed by atoms with Gasteiger partial charge in [-0.15, -0.1) is 0 Å². The number of hydrogen-bond acceptors (Lipinski definition) is 8. The number of ether oxygens (including phenoxy) is 2. The molecule has 8 heteroatoms. The van der Waals surface area contributed by atoms with Crippen LogP contribution in [0.4, 0.5) is 5.82 Å². The fourth-order valence-corrected chi connectivity index (χ4v) is 5.35. The Labute approximate surface area is 194 Å². The Hall–Kier alpha value is -2.84. The van der Waals surface area contributed by atoms with Gasteiger partial charge in [-0.2, -0.15) is 0 Å². The Bertz CT molecular complexity index is 1130. The fourth-order valence-electron chi connectivity index (χ4n) is 5.35. The largest absolute Gasteiger partial charge is 0.491 e. The maximum absolute atomic E-state index is 6.24. The number of nitrogens with zero attached hydrogens (tertiary/aromatic N) is 6. The molecule has 6 rings (SSSR count). The van der Waals surface area contributed by atoms with E-state index in [-0.39, 0.29) is 0 Å². The zero-order chi connectivity index (χ0) is 22.3. The topological polar surface area (TPSA) is 76.5 Å². The summed E-state index contributed by atoms with van der Waals surface area (Å²) in [5, 5.41) is 0.961. The van der Waals surface area contributed by atoms with Crippen molar-refractivity contribution in [3.63, 3.8) is 0 Å². The van der Waals surface area contributed by atoms with E-state index in [0.717, 1.165) is 54.3 Å². The van der Waals surface area contributed by atoms with Gasteiger partial charge in [0.25, 0.3) is 0 Å². The SMILES string of the molecule is CN1CCC2(CCN(c3nc(-c4ccncc4)nc4cncc(OCC5COC5)c34)CC2)C1. The molecule has 3 aromatic rings. The van der Waals surface area contributed by atoms with Crippen LogP contribution in [0.3, 0.4) is 0 Å². The molecule has 0 unspecified atom stereocenters. The van der Waals surface area contributed by atoms with Gasteiger partial charge in [0.2, 0.25) is 0 Å². The molecule has 0 aromatic carbocycles. The predicted molar refractivity (Wildman–Crippen MR) is 126 cm³/mol. The second-order valence-corrected chi connectivity index (χ2v) is 9.83. The number of anilines is 1. The molecule has 0 amide bonds. The van der Waals surface area contributed by atoms with Crippen LogP contribution < -0.4 is 9.64 Å². The standard InChI is InChI=1S/C25H30N6O2/c1-30-9-4-25(17-30)5-10-31(11-6-25)24-22-20(28-23(29-24)19-2-7-26-8-3-19)12-27-13-21(22)33-16-18-14-32-15-18/h2-3,7-8,12-13,18H,4-6,9-11,14-17H2,1H3. The van der Waals surface area contributed by atoms with Crippen molar-refractivity contribution in [2.24, 2.45) is 11.3 Å². The Morgan fingerprint density at radius 1 is 1.03 bits per heavy atom. The highest BCUT2D eigenvalue weighted by Gasteiger charge is 2.40. The molecule has 0 saturated carbocycles. The Morgan fingerprint density at radius 3 is 2.52 bits per heavy atom. The first-order valence-electron chi connectivity index (χ1n) is 11.9. The van der Waals surface area contributed by atoms with Crippen LogP contribution in [-0.2, 0) is 4.74 Å². The highest BCUT2D eigenvalue weighted by molar-refractivity contribution is 5.95. The molecule has 0 radical (unpaired) electrons. The maximum atomic E-state index is 6.24. The number of pyridine rings is 2. The van der Waals surface area contributed by atoms with Crippen molar-refractivity contribution in [3.05, 3.63) is 36.9 Å². The van der Waals surface area contributed by atoms with Crippen molar-refractivity contribution in [1.29, 1.82) is 0 Å². The van der Waals surface area contributed by atoms with Gasteiger partial charge in [0, 0.05) is 43.5 Å². The quantitative estimate of drug-likeness (QED) is 0.592. The van der Waals surface area contributed by atoms with Gasteiger partial charge in [0.15, 0.2) is 11.6 Å². The van der Waals surface area contributed by atoms with Gasteiger partial charge in [0.1, 0.15) is 5.82 Å². The number of rotatable bonds is 5. The molecule has 3 fully saturated rings. The van der Waals surface area contributed by atoms with Gasteiger partial charge < -0.3 is 19.3 Å². The van der Waals surface area contributed by atoms with Crippen molar-refractivity contribution in [2.45, 2.75) is 19.3 Å². The summed E-state index contributed by atoms with van der Waals surface area (Å²) in [6, 6.07) is 3.91. The molecule has 0 aliphatic carbocycles. The van der Waals surface area contributed by atoms with Crippen LogP contribution in [0.1, 0.15) is 19.3 Å². The Balaban J connectivity index is 1.38. The molecule has 172 valence electrons. The number of likely N-dealkylation sites (tertiary alicyclic amines) is 1. The van der Waals surface area contributed by atoms with E-state index in [9.17, 15) is 0 Å². The first kappa shape index (κ1) is 20.7.